The lowest BCUT2D eigenvalue weighted by molar-refractivity contribution is -0.387. The summed E-state index contributed by atoms with van der Waals surface area (Å²) in [5, 5.41) is 26.0. The van der Waals surface area contributed by atoms with Gasteiger partial charge in [-0.15, -0.1) is 0 Å². The molecule has 2 aliphatic heterocycles. The number of amides is 4. The van der Waals surface area contributed by atoms with E-state index in [0.29, 0.717) is 74.6 Å². The smallest absolute Gasteiger partial charge is 0.291 e. The van der Waals surface area contributed by atoms with Gasteiger partial charge in [0, 0.05) is 78.4 Å². The summed E-state index contributed by atoms with van der Waals surface area (Å²) in [6.45, 7) is 6.06. The van der Waals surface area contributed by atoms with Crippen molar-refractivity contribution in [2.45, 2.75) is 23.6 Å². The van der Waals surface area contributed by atoms with Crippen LogP contribution in [0.1, 0.15) is 25.0 Å². The molecule has 0 saturated carbocycles. The van der Waals surface area contributed by atoms with Gasteiger partial charge in [-0.1, -0.05) is 84.6 Å². The largest absolute Gasteiger partial charge is 0.339 e. The Morgan fingerprint density at radius 1 is 0.526 bits per heavy atom. The highest BCUT2D eigenvalue weighted by Crippen LogP contribution is 2.48. The van der Waals surface area contributed by atoms with Crippen molar-refractivity contribution < 1.29 is 29.0 Å². The standard InChI is InChI=1S/C42H40N6O8S/c1-29(49)43-21-25-45(26-22-43)37(51)19-15-33-13-17-35(41(47(53)54)39(33)31-9-5-3-6-10-31)57-36-18-14-34(40(42(36)48(55)56)32-11-7-4-8-12-32)16-20-38(52)46-27-23-44(24-28-46)30(2)50/h3-20H,21-28H2,1-2H3/b19-15+,20-16+. The van der Waals surface area contributed by atoms with Crippen molar-refractivity contribution in [2.75, 3.05) is 52.4 Å². The molecule has 0 aromatic heterocycles. The Labute approximate surface area is 333 Å². The summed E-state index contributed by atoms with van der Waals surface area (Å²) in [6, 6.07) is 23.8. The molecule has 15 heteroatoms. The van der Waals surface area contributed by atoms with Gasteiger partial charge in [0.15, 0.2) is 0 Å². The third-order valence-electron chi connectivity index (χ3n) is 9.94. The van der Waals surface area contributed by atoms with E-state index >= 15 is 0 Å². The van der Waals surface area contributed by atoms with Crippen LogP contribution in [0, 0.1) is 20.2 Å². The van der Waals surface area contributed by atoms with E-state index in [0.717, 1.165) is 11.8 Å². The number of hydrogen-bond acceptors (Lipinski definition) is 9. The maximum absolute atomic E-state index is 13.2. The average Bonchev–Trinajstić information content (AvgIpc) is 3.22. The number of benzene rings is 4. The molecule has 2 aliphatic rings. The van der Waals surface area contributed by atoms with Crippen LogP contribution in [0.3, 0.4) is 0 Å². The third kappa shape index (κ3) is 9.27. The van der Waals surface area contributed by atoms with Crippen molar-refractivity contribution in [2.24, 2.45) is 0 Å². The molecular weight excluding hydrogens is 749 g/mol. The Hall–Kier alpha value is -6.61. The molecule has 0 atom stereocenters. The summed E-state index contributed by atoms with van der Waals surface area (Å²) in [5.74, 6) is -0.716. The first-order chi connectivity index (χ1) is 27.4. The molecule has 6 rings (SSSR count). The maximum atomic E-state index is 13.2. The van der Waals surface area contributed by atoms with Crippen LogP contribution in [0.15, 0.2) is 107 Å². The van der Waals surface area contributed by atoms with Crippen LogP contribution in [-0.2, 0) is 19.2 Å². The molecule has 292 valence electrons. The van der Waals surface area contributed by atoms with Crippen LogP contribution in [0.2, 0.25) is 0 Å². The lowest BCUT2D eigenvalue weighted by atomic mass is 9.97. The van der Waals surface area contributed by atoms with Crippen molar-refractivity contribution >= 4 is 58.9 Å². The fourth-order valence-electron chi connectivity index (χ4n) is 6.93. The van der Waals surface area contributed by atoms with E-state index in [2.05, 4.69) is 0 Å². The molecule has 57 heavy (non-hydrogen) atoms. The fraction of sp³-hybridized carbons (Fsp3) is 0.238. The minimum absolute atomic E-state index is 0.0606. The van der Waals surface area contributed by atoms with Gasteiger partial charge in [0.25, 0.3) is 11.4 Å². The minimum atomic E-state index is -0.520. The molecule has 14 nitrogen and oxygen atoms in total. The molecule has 2 saturated heterocycles. The molecule has 0 bridgehead atoms. The molecule has 0 unspecified atom stereocenters. The summed E-state index contributed by atoms with van der Waals surface area (Å²) >= 11 is 0.886. The number of hydrogen-bond donors (Lipinski definition) is 0. The van der Waals surface area contributed by atoms with Crippen molar-refractivity contribution in [3.8, 4) is 22.3 Å². The van der Waals surface area contributed by atoms with Crippen LogP contribution in [0.25, 0.3) is 34.4 Å². The molecule has 4 aromatic rings. The summed E-state index contributed by atoms with van der Waals surface area (Å²) in [4.78, 5) is 81.7. The van der Waals surface area contributed by atoms with Crippen LogP contribution < -0.4 is 0 Å². The van der Waals surface area contributed by atoms with Crippen LogP contribution in [0.5, 0.6) is 0 Å². The lowest BCUT2D eigenvalue weighted by Gasteiger charge is -2.33. The van der Waals surface area contributed by atoms with Crippen molar-refractivity contribution in [1.29, 1.82) is 0 Å². The molecule has 2 fully saturated rings. The van der Waals surface area contributed by atoms with E-state index in [1.807, 2.05) is 0 Å². The fourth-order valence-corrected chi connectivity index (χ4v) is 7.99. The number of carbonyl (C=O) groups is 4. The Kier molecular flexibility index (Phi) is 12.6. The molecule has 0 radical (unpaired) electrons. The number of carbonyl (C=O) groups excluding carboxylic acids is 4. The normalized spacial score (nSPS) is 14.6. The lowest BCUT2D eigenvalue weighted by Crippen LogP contribution is -2.49. The van der Waals surface area contributed by atoms with E-state index < -0.39 is 9.85 Å². The number of nitrogens with zero attached hydrogens (tertiary/aromatic N) is 6. The topological polar surface area (TPSA) is 168 Å². The van der Waals surface area contributed by atoms with Crippen LogP contribution in [0.4, 0.5) is 11.4 Å². The van der Waals surface area contributed by atoms with Gasteiger partial charge in [0.2, 0.25) is 23.6 Å². The number of nitro groups is 2. The molecule has 2 heterocycles. The van der Waals surface area contributed by atoms with Crippen molar-refractivity contribution in [3.63, 3.8) is 0 Å². The monoisotopic (exact) mass is 788 g/mol. The quantitative estimate of drug-likeness (QED) is 0.100. The van der Waals surface area contributed by atoms with Gasteiger partial charge < -0.3 is 19.6 Å². The van der Waals surface area contributed by atoms with Crippen molar-refractivity contribution in [3.05, 3.63) is 128 Å². The predicted octanol–water partition coefficient (Wildman–Crippen LogP) is 6.40. The van der Waals surface area contributed by atoms with Gasteiger partial charge in [0.1, 0.15) is 0 Å². The maximum Gasteiger partial charge on any atom is 0.291 e. The van der Waals surface area contributed by atoms with Gasteiger partial charge in [0.05, 0.1) is 30.8 Å². The second-order valence-corrected chi connectivity index (χ2v) is 14.5. The Morgan fingerprint density at radius 3 is 1.18 bits per heavy atom. The molecule has 0 N–H and O–H groups in total. The zero-order chi connectivity index (χ0) is 40.6. The molecule has 4 aromatic carbocycles. The van der Waals surface area contributed by atoms with Crippen LogP contribution in [-0.4, -0.2) is 105 Å². The van der Waals surface area contributed by atoms with Gasteiger partial charge in [-0.3, -0.25) is 39.4 Å². The first kappa shape index (κ1) is 40.1. The Bertz CT molecular complexity index is 2110. The molecular formula is C42H40N6O8S. The highest BCUT2D eigenvalue weighted by molar-refractivity contribution is 7.99. The van der Waals surface area contributed by atoms with Crippen LogP contribution >= 0.6 is 11.8 Å². The van der Waals surface area contributed by atoms with E-state index in [1.165, 1.54) is 50.3 Å². The first-order valence-electron chi connectivity index (χ1n) is 18.3. The second-order valence-electron chi connectivity index (χ2n) is 13.4. The highest BCUT2D eigenvalue weighted by atomic mass is 32.2. The molecule has 0 spiro atoms. The van der Waals surface area contributed by atoms with Crippen molar-refractivity contribution in [1.82, 2.24) is 19.6 Å². The number of piperazine rings is 2. The first-order valence-corrected chi connectivity index (χ1v) is 19.1. The molecule has 4 amide bonds. The average molecular weight is 789 g/mol. The Morgan fingerprint density at radius 2 is 0.860 bits per heavy atom. The highest BCUT2D eigenvalue weighted by Gasteiger charge is 2.30. The van der Waals surface area contributed by atoms with Gasteiger partial charge in [-0.2, -0.15) is 0 Å². The second kappa shape index (κ2) is 17.9. The van der Waals surface area contributed by atoms with Gasteiger partial charge in [-0.05, 0) is 46.5 Å². The number of rotatable bonds is 10. The SMILES string of the molecule is CC(=O)N1CCN(C(=O)/C=C/c2ccc(Sc3ccc(/C=C/C(=O)N4CCN(C(C)=O)CC4)c(-c4ccccc4)c3[N+](=O)[O-])c([N+](=O)[O-])c2-c2ccccc2)CC1. The minimum Gasteiger partial charge on any atom is -0.339 e. The summed E-state index contributed by atoms with van der Waals surface area (Å²) < 4.78 is 0. The van der Waals surface area contributed by atoms with E-state index in [4.69, 9.17) is 0 Å². The molecule has 0 aliphatic carbocycles. The van der Waals surface area contributed by atoms with E-state index in [-0.39, 0.29) is 55.9 Å². The zero-order valence-corrected chi connectivity index (χ0v) is 32.2. The number of nitro benzene ring substituents is 2. The van der Waals surface area contributed by atoms with E-state index in [9.17, 15) is 39.4 Å². The predicted molar refractivity (Wildman–Crippen MR) is 217 cm³/mol. The third-order valence-corrected chi connectivity index (χ3v) is 11.0. The van der Waals surface area contributed by atoms with Gasteiger partial charge in [-0.25, -0.2) is 0 Å². The van der Waals surface area contributed by atoms with Gasteiger partial charge >= 0.3 is 0 Å². The summed E-state index contributed by atoms with van der Waals surface area (Å²) in [5.41, 5.74) is 1.74. The summed E-state index contributed by atoms with van der Waals surface area (Å²) in [6.07, 6.45) is 5.79. The zero-order valence-electron chi connectivity index (χ0n) is 31.4. The summed E-state index contributed by atoms with van der Waals surface area (Å²) in [7, 11) is 0. The Balaban J connectivity index is 1.38. The van der Waals surface area contributed by atoms with E-state index in [1.54, 1.807) is 92.4 Å².